The van der Waals surface area contributed by atoms with E-state index >= 15 is 0 Å². The van der Waals surface area contributed by atoms with Crippen LogP contribution in [0.4, 0.5) is 17.5 Å². The molecule has 0 saturated carbocycles. The SMILES string of the molecule is CC1CCN(c2nc(Nc3ccc(Cl)cc3)c3cnn(-c4ccccc4)c3n2)CC1. The Hall–Kier alpha value is -3.12. The number of para-hydroxylation sites is 1. The van der Waals surface area contributed by atoms with Gasteiger partial charge in [0.05, 0.1) is 17.3 Å². The van der Waals surface area contributed by atoms with Crippen molar-refractivity contribution < 1.29 is 0 Å². The van der Waals surface area contributed by atoms with Crippen LogP contribution in [0.2, 0.25) is 5.02 Å². The first-order valence-corrected chi connectivity index (χ1v) is 10.6. The summed E-state index contributed by atoms with van der Waals surface area (Å²) < 4.78 is 1.88. The molecule has 0 unspecified atom stereocenters. The standard InChI is InChI=1S/C23H23ClN6/c1-16-11-13-29(14-12-16)23-27-21(26-18-9-7-17(24)8-10-18)20-15-25-30(22(20)28-23)19-5-3-2-4-6-19/h2-10,15-16H,11-14H2,1H3,(H,26,27,28). The molecule has 1 saturated heterocycles. The molecule has 3 heterocycles. The predicted molar refractivity (Wildman–Crippen MR) is 122 cm³/mol. The number of benzene rings is 2. The van der Waals surface area contributed by atoms with E-state index in [0.717, 1.165) is 66.0 Å². The molecule has 0 amide bonds. The van der Waals surface area contributed by atoms with Gasteiger partial charge in [-0.3, -0.25) is 0 Å². The lowest BCUT2D eigenvalue weighted by atomic mass is 10.00. The zero-order chi connectivity index (χ0) is 20.5. The van der Waals surface area contributed by atoms with Crippen LogP contribution in [0, 0.1) is 5.92 Å². The zero-order valence-corrected chi connectivity index (χ0v) is 17.5. The van der Waals surface area contributed by atoms with Gasteiger partial charge in [0.25, 0.3) is 0 Å². The lowest BCUT2D eigenvalue weighted by Crippen LogP contribution is -2.34. The predicted octanol–water partition coefficient (Wildman–Crippen LogP) is 5.45. The minimum atomic E-state index is 0.702. The molecule has 6 nitrogen and oxygen atoms in total. The first-order valence-electron chi connectivity index (χ1n) is 10.3. The quantitative estimate of drug-likeness (QED) is 0.477. The molecule has 0 atom stereocenters. The van der Waals surface area contributed by atoms with E-state index in [1.54, 1.807) is 0 Å². The minimum Gasteiger partial charge on any atom is -0.341 e. The van der Waals surface area contributed by atoms with Gasteiger partial charge < -0.3 is 10.2 Å². The molecule has 2 aromatic carbocycles. The summed E-state index contributed by atoms with van der Waals surface area (Å²) in [5, 5.41) is 9.63. The maximum absolute atomic E-state index is 6.05. The van der Waals surface area contributed by atoms with Crippen LogP contribution in [-0.2, 0) is 0 Å². The van der Waals surface area contributed by atoms with Crippen molar-refractivity contribution in [1.29, 1.82) is 0 Å². The summed E-state index contributed by atoms with van der Waals surface area (Å²) in [6.45, 7) is 4.23. The Kier molecular flexibility index (Phi) is 5.01. The van der Waals surface area contributed by atoms with Crippen LogP contribution in [0.5, 0.6) is 0 Å². The maximum Gasteiger partial charge on any atom is 0.229 e. The average molecular weight is 419 g/mol. The monoisotopic (exact) mass is 418 g/mol. The molecule has 152 valence electrons. The molecule has 5 rings (SSSR count). The summed E-state index contributed by atoms with van der Waals surface area (Å²) >= 11 is 6.05. The van der Waals surface area contributed by atoms with E-state index in [0.29, 0.717) is 5.02 Å². The van der Waals surface area contributed by atoms with Gasteiger partial charge in [0.15, 0.2) is 5.65 Å². The van der Waals surface area contributed by atoms with Crippen molar-refractivity contribution >= 4 is 40.1 Å². The normalized spacial score (nSPS) is 14.9. The van der Waals surface area contributed by atoms with Crippen LogP contribution in [0.3, 0.4) is 0 Å². The lowest BCUT2D eigenvalue weighted by molar-refractivity contribution is 0.434. The minimum absolute atomic E-state index is 0.702. The molecule has 7 heteroatoms. The number of rotatable bonds is 4. The van der Waals surface area contributed by atoms with Gasteiger partial charge >= 0.3 is 0 Å². The molecule has 30 heavy (non-hydrogen) atoms. The summed E-state index contributed by atoms with van der Waals surface area (Å²) in [4.78, 5) is 12.1. The van der Waals surface area contributed by atoms with Crippen molar-refractivity contribution in [2.75, 3.05) is 23.3 Å². The molecule has 0 radical (unpaired) electrons. The van der Waals surface area contributed by atoms with Crippen LogP contribution < -0.4 is 10.2 Å². The van der Waals surface area contributed by atoms with Crippen molar-refractivity contribution in [2.24, 2.45) is 5.92 Å². The molecule has 0 bridgehead atoms. The van der Waals surface area contributed by atoms with E-state index in [4.69, 9.17) is 21.6 Å². The second kappa shape index (κ2) is 7.95. The topological polar surface area (TPSA) is 58.9 Å². The number of fused-ring (bicyclic) bond motifs is 1. The van der Waals surface area contributed by atoms with E-state index in [1.165, 1.54) is 0 Å². The third kappa shape index (κ3) is 3.71. The number of halogens is 1. The number of nitrogens with zero attached hydrogens (tertiary/aromatic N) is 5. The first kappa shape index (κ1) is 18.9. The Labute approximate surface area is 180 Å². The molecule has 4 aromatic rings. The molecule has 1 aliphatic rings. The third-order valence-corrected chi connectivity index (χ3v) is 5.84. The van der Waals surface area contributed by atoms with Crippen LogP contribution in [0.15, 0.2) is 60.8 Å². The fourth-order valence-corrected chi connectivity index (χ4v) is 3.90. The third-order valence-electron chi connectivity index (χ3n) is 5.59. The molecule has 0 spiro atoms. The highest BCUT2D eigenvalue weighted by molar-refractivity contribution is 6.30. The van der Waals surface area contributed by atoms with Gasteiger partial charge in [-0.15, -0.1) is 0 Å². The van der Waals surface area contributed by atoms with Gasteiger partial charge in [-0.1, -0.05) is 36.7 Å². The van der Waals surface area contributed by atoms with Crippen molar-refractivity contribution in [1.82, 2.24) is 19.7 Å². The summed E-state index contributed by atoms with van der Waals surface area (Å²) in [5.74, 6) is 2.23. The van der Waals surface area contributed by atoms with Crippen LogP contribution in [0.25, 0.3) is 16.7 Å². The Balaban J connectivity index is 1.61. The molecular formula is C23H23ClN6. The Morgan fingerprint density at radius 3 is 2.43 bits per heavy atom. The van der Waals surface area contributed by atoms with E-state index in [2.05, 4.69) is 22.2 Å². The van der Waals surface area contributed by atoms with Gasteiger partial charge in [-0.2, -0.15) is 15.1 Å². The molecule has 1 aliphatic heterocycles. The van der Waals surface area contributed by atoms with Gasteiger partial charge in [-0.05, 0) is 55.2 Å². The molecule has 1 fully saturated rings. The Bertz CT molecular complexity index is 1150. The highest BCUT2D eigenvalue weighted by Gasteiger charge is 2.21. The fourth-order valence-electron chi connectivity index (χ4n) is 3.77. The van der Waals surface area contributed by atoms with Crippen LogP contribution in [0.1, 0.15) is 19.8 Å². The van der Waals surface area contributed by atoms with Crippen molar-refractivity contribution in [3.05, 3.63) is 65.8 Å². The smallest absolute Gasteiger partial charge is 0.229 e. The number of hydrogen-bond acceptors (Lipinski definition) is 5. The van der Waals surface area contributed by atoms with Gasteiger partial charge in [0, 0.05) is 23.8 Å². The van der Waals surface area contributed by atoms with Crippen molar-refractivity contribution in [2.45, 2.75) is 19.8 Å². The van der Waals surface area contributed by atoms with Gasteiger partial charge in [0.2, 0.25) is 5.95 Å². The van der Waals surface area contributed by atoms with Gasteiger partial charge in [0.1, 0.15) is 5.82 Å². The second-order valence-corrected chi connectivity index (χ2v) is 8.24. The molecular weight excluding hydrogens is 396 g/mol. The highest BCUT2D eigenvalue weighted by Crippen LogP contribution is 2.30. The Morgan fingerprint density at radius 2 is 1.70 bits per heavy atom. The summed E-state index contributed by atoms with van der Waals surface area (Å²) in [7, 11) is 0. The second-order valence-electron chi connectivity index (χ2n) is 7.80. The van der Waals surface area contributed by atoms with Gasteiger partial charge in [-0.25, -0.2) is 4.68 Å². The molecule has 1 N–H and O–H groups in total. The number of aromatic nitrogens is 4. The molecule has 2 aromatic heterocycles. The molecule has 0 aliphatic carbocycles. The zero-order valence-electron chi connectivity index (χ0n) is 16.8. The summed E-state index contributed by atoms with van der Waals surface area (Å²) in [6, 6.07) is 17.7. The number of anilines is 3. The average Bonchev–Trinajstić information content (AvgIpc) is 3.21. The van der Waals surface area contributed by atoms with Crippen molar-refractivity contribution in [3.8, 4) is 5.69 Å². The first-order chi connectivity index (χ1) is 14.7. The maximum atomic E-state index is 6.05. The number of nitrogens with one attached hydrogen (secondary N) is 1. The van der Waals surface area contributed by atoms with E-state index in [-0.39, 0.29) is 0 Å². The highest BCUT2D eigenvalue weighted by atomic mass is 35.5. The van der Waals surface area contributed by atoms with Crippen molar-refractivity contribution in [3.63, 3.8) is 0 Å². The van der Waals surface area contributed by atoms with E-state index in [9.17, 15) is 0 Å². The summed E-state index contributed by atoms with van der Waals surface area (Å²) in [6.07, 6.45) is 4.13. The number of hydrogen-bond donors (Lipinski definition) is 1. The van der Waals surface area contributed by atoms with Crippen LogP contribution >= 0.6 is 11.6 Å². The van der Waals surface area contributed by atoms with Crippen LogP contribution in [-0.4, -0.2) is 32.8 Å². The lowest BCUT2D eigenvalue weighted by Gasteiger charge is -2.30. The number of piperidine rings is 1. The summed E-state index contributed by atoms with van der Waals surface area (Å²) in [5.41, 5.74) is 2.69. The van der Waals surface area contributed by atoms with E-state index in [1.807, 2.05) is 65.5 Å². The fraction of sp³-hybridized carbons (Fsp3) is 0.261. The Morgan fingerprint density at radius 1 is 0.967 bits per heavy atom. The largest absolute Gasteiger partial charge is 0.341 e. The van der Waals surface area contributed by atoms with E-state index < -0.39 is 0 Å².